The lowest BCUT2D eigenvalue weighted by molar-refractivity contribution is 0.0387. The predicted molar refractivity (Wildman–Crippen MR) is 60.7 cm³/mol. The van der Waals surface area contributed by atoms with Crippen LogP contribution in [0.4, 0.5) is 0 Å². The second-order valence-corrected chi connectivity index (χ2v) is 4.41. The van der Waals surface area contributed by atoms with Crippen molar-refractivity contribution in [2.75, 3.05) is 0 Å². The molecule has 1 fully saturated rings. The topological polar surface area (TPSA) is 66.0 Å². The summed E-state index contributed by atoms with van der Waals surface area (Å²) < 4.78 is 7.71. The summed E-state index contributed by atoms with van der Waals surface area (Å²) in [6.07, 6.45) is 6.08. The number of nitrogens with zero attached hydrogens (tertiary/aromatic N) is 3. The highest BCUT2D eigenvalue weighted by Crippen LogP contribution is 2.21. The van der Waals surface area contributed by atoms with E-state index >= 15 is 0 Å². The monoisotopic (exact) mass is 224 g/mol. The zero-order chi connectivity index (χ0) is 11.4. The lowest BCUT2D eigenvalue weighted by atomic mass is 10.3. The molecule has 1 aliphatic carbocycles. The Hall–Kier alpha value is -0.940. The van der Waals surface area contributed by atoms with Gasteiger partial charge in [0.15, 0.2) is 5.82 Å². The van der Waals surface area contributed by atoms with Gasteiger partial charge in [0, 0.05) is 12.6 Å². The number of nitrogens with two attached hydrogens (primary N) is 1. The van der Waals surface area contributed by atoms with E-state index in [0.717, 1.165) is 38.1 Å². The summed E-state index contributed by atoms with van der Waals surface area (Å²) in [5, 5.41) is 4.17. The summed E-state index contributed by atoms with van der Waals surface area (Å²) in [5.74, 6) is 0.919. The molecule has 2 atom stereocenters. The van der Waals surface area contributed by atoms with Gasteiger partial charge in [-0.25, -0.2) is 9.67 Å². The van der Waals surface area contributed by atoms with Gasteiger partial charge in [-0.1, -0.05) is 6.92 Å². The minimum absolute atomic E-state index is 0.307. The fraction of sp³-hybridized carbons (Fsp3) is 0.818. The minimum atomic E-state index is 0.307. The van der Waals surface area contributed by atoms with E-state index < -0.39 is 0 Å². The van der Waals surface area contributed by atoms with Crippen LogP contribution in [0.3, 0.4) is 0 Å². The van der Waals surface area contributed by atoms with Crippen molar-refractivity contribution < 1.29 is 4.74 Å². The molecule has 0 amide bonds. The summed E-state index contributed by atoms with van der Waals surface area (Å²) in [4.78, 5) is 4.21. The molecule has 2 unspecified atom stereocenters. The first-order valence-corrected chi connectivity index (χ1v) is 6.03. The quantitative estimate of drug-likeness (QED) is 0.813. The average Bonchev–Trinajstić information content (AvgIpc) is 2.85. The molecule has 2 N–H and O–H groups in total. The van der Waals surface area contributed by atoms with Crippen LogP contribution >= 0.6 is 0 Å². The Morgan fingerprint density at radius 1 is 1.56 bits per heavy atom. The van der Waals surface area contributed by atoms with Gasteiger partial charge < -0.3 is 10.5 Å². The van der Waals surface area contributed by atoms with Crippen molar-refractivity contribution in [3.63, 3.8) is 0 Å². The fourth-order valence-electron chi connectivity index (χ4n) is 2.12. The van der Waals surface area contributed by atoms with Crippen molar-refractivity contribution in [3.05, 3.63) is 12.2 Å². The summed E-state index contributed by atoms with van der Waals surface area (Å²) in [6.45, 7) is 3.59. The normalized spacial score (nSPS) is 25.1. The lowest BCUT2D eigenvalue weighted by Gasteiger charge is -2.11. The van der Waals surface area contributed by atoms with E-state index in [1.165, 1.54) is 0 Å². The molecule has 0 spiro atoms. The number of hydrogen-bond donors (Lipinski definition) is 1. The molecule has 0 aromatic carbocycles. The third kappa shape index (κ3) is 2.80. The molecule has 1 saturated carbocycles. The van der Waals surface area contributed by atoms with Crippen molar-refractivity contribution in [2.24, 2.45) is 5.73 Å². The zero-order valence-corrected chi connectivity index (χ0v) is 9.80. The Labute approximate surface area is 96.0 Å². The molecule has 16 heavy (non-hydrogen) atoms. The number of aryl methyl sites for hydroxylation is 1. The summed E-state index contributed by atoms with van der Waals surface area (Å²) in [7, 11) is 0. The van der Waals surface area contributed by atoms with E-state index in [9.17, 15) is 0 Å². The molecule has 1 heterocycles. The maximum atomic E-state index is 5.84. The Morgan fingerprint density at radius 3 is 3.12 bits per heavy atom. The Morgan fingerprint density at radius 2 is 2.44 bits per heavy atom. The van der Waals surface area contributed by atoms with E-state index in [2.05, 4.69) is 17.0 Å². The first-order valence-electron chi connectivity index (χ1n) is 6.03. The van der Waals surface area contributed by atoms with Crippen LogP contribution in [-0.2, 0) is 17.9 Å². The molecule has 5 nitrogen and oxygen atoms in total. The molecule has 1 aromatic heterocycles. The average molecular weight is 224 g/mol. The van der Waals surface area contributed by atoms with Crippen LogP contribution in [0.1, 0.15) is 38.4 Å². The Bertz CT molecular complexity index is 326. The summed E-state index contributed by atoms with van der Waals surface area (Å²) in [6, 6.07) is 0.318. The molecule has 90 valence electrons. The van der Waals surface area contributed by atoms with E-state index in [0.29, 0.717) is 18.8 Å². The van der Waals surface area contributed by atoms with Gasteiger partial charge in [0.05, 0.1) is 6.10 Å². The summed E-state index contributed by atoms with van der Waals surface area (Å²) >= 11 is 0. The number of ether oxygens (including phenoxy) is 1. The molecule has 0 bridgehead atoms. The molecular weight excluding hydrogens is 204 g/mol. The van der Waals surface area contributed by atoms with Crippen LogP contribution in [0.25, 0.3) is 0 Å². The van der Waals surface area contributed by atoms with E-state index in [-0.39, 0.29) is 0 Å². The maximum Gasteiger partial charge on any atom is 0.152 e. The highest BCUT2D eigenvalue weighted by atomic mass is 16.5. The van der Waals surface area contributed by atoms with Crippen molar-refractivity contribution >= 4 is 0 Å². The predicted octanol–water partition coefficient (Wildman–Crippen LogP) is 1.08. The number of hydrogen-bond acceptors (Lipinski definition) is 4. The lowest BCUT2D eigenvalue weighted by Crippen LogP contribution is -2.18. The Balaban J connectivity index is 1.82. The van der Waals surface area contributed by atoms with Gasteiger partial charge in [0.2, 0.25) is 0 Å². The van der Waals surface area contributed by atoms with Gasteiger partial charge >= 0.3 is 0 Å². The number of rotatable bonds is 5. The molecule has 5 heteroatoms. The third-order valence-corrected chi connectivity index (χ3v) is 3.00. The molecule has 1 aromatic rings. The van der Waals surface area contributed by atoms with Gasteiger partial charge in [0.25, 0.3) is 0 Å². The van der Waals surface area contributed by atoms with Crippen LogP contribution in [-0.4, -0.2) is 26.9 Å². The zero-order valence-electron chi connectivity index (χ0n) is 9.80. The van der Waals surface area contributed by atoms with E-state index in [1.807, 2.05) is 4.68 Å². The van der Waals surface area contributed by atoms with Crippen molar-refractivity contribution in [3.8, 4) is 0 Å². The standard InChI is InChI=1S/C11H20N4O/c1-2-5-15-11(13-8-14-15)7-16-10-4-3-9(12)6-10/h8-10H,2-7,12H2,1H3. The molecule has 0 radical (unpaired) electrons. The largest absolute Gasteiger partial charge is 0.370 e. The van der Waals surface area contributed by atoms with Crippen LogP contribution in [0.5, 0.6) is 0 Å². The van der Waals surface area contributed by atoms with E-state index in [1.54, 1.807) is 6.33 Å². The van der Waals surface area contributed by atoms with Crippen LogP contribution in [0.2, 0.25) is 0 Å². The Kier molecular flexibility index (Phi) is 3.90. The van der Waals surface area contributed by atoms with Crippen molar-refractivity contribution in [1.82, 2.24) is 14.8 Å². The van der Waals surface area contributed by atoms with Crippen LogP contribution in [0, 0.1) is 0 Å². The maximum absolute atomic E-state index is 5.84. The second-order valence-electron chi connectivity index (χ2n) is 4.41. The van der Waals surface area contributed by atoms with Gasteiger partial charge in [0.1, 0.15) is 12.9 Å². The smallest absolute Gasteiger partial charge is 0.152 e. The highest BCUT2D eigenvalue weighted by molar-refractivity contribution is 4.83. The highest BCUT2D eigenvalue weighted by Gasteiger charge is 2.22. The van der Waals surface area contributed by atoms with Gasteiger partial charge in [-0.2, -0.15) is 5.10 Å². The summed E-state index contributed by atoms with van der Waals surface area (Å²) in [5.41, 5.74) is 5.84. The van der Waals surface area contributed by atoms with Gasteiger partial charge in [-0.05, 0) is 25.7 Å². The second kappa shape index (κ2) is 5.41. The molecular formula is C11H20N4O. The number of aromatic nitrogens is 3. The van der Waals surface area contributed by atoms with E-state index in [4.69, 9.17) is 10.5 Å². The molecule has 2 rings (SSSR count). The minimum Gasteiger partial charge on any atom is -0.370 e. The SMILES string of the molecule is CCCn1ncnc1COC1CCC(N)C1. The fourth-order valence-corrected chi connectivity index (χ4v) is 2.12. The first-order chi connectivity index (χ1) is 7.79. The van der Waals surface area contributed by atoms with Crippen LogP contribution in [0.15, 0.2) is 6.33 Å². The third-order valence-electron chi connectivity index (χ3n) is 3.00. The molecule has 0 aliphatic heterocycles. The van der Waals surface area contributed by atoms with Gasteiger partial charge in [-0.15, -0.1) is 0 Å². The molecule has 1 aliphatic rings. The van der Waals surface area contributed by atoms with Crippen molar-refractivity contribution in [1.29, 1.82) is 0 Å². The van der Waals surface area contributed by atoms with Crippen LogP contribution < -0.4 is 5.73 Å². The first kappa shape index (κ1) is 11.5. The molecule has 0 saturated heterocycles. The van der Waals surface area contributed by atoms with Crippen molar-refractivity contribution in [2.45, 2.75) is 57.9 Å². The van der Waals surface area contributed by atoms with Gasteiger partial charge in [-0.3, -0.25) is 0 Å².